The molecule has 0 amide bonds. The number of rotatable bonds is 5. The molecule has 0 bridgehead atoms. The van der Waals surface area contributed by atoms with Crippen LogP contribution in [-0.2, 0) is 16.6 Å². The van der Waals surface area contributed by atoms with Crippen LogP contribution in [-0.4, -0.2) is 29.3 Å². The van der Waals surface area contributed by atoms with Crippen LogP contribution >= 0.6 is 0 Å². The Morgan fingerprint density at radius 3 is 2.54 bits per heavy atom. The number of nitrogens with zero attached hydrogens (tertiary/aromatic N) is 3. The molecular formula is C18H19F2N3O2S. The highest BCUT2D eigenvalue weighted by Crippen LogP contribution is 2.26. The number of fused-ring (bicyclic) bond motifs is 1. The maximum absolute atomic E-state index is 13.5. The molecule has 138 valence electrons. The van der Waals surface area contributed by atoms with Crippen molar-refractivity contribution < 1.29 is 17.2 Å². The Hall–Kier alpha value is -2.32. The molecule has 8 heteroatoms. The lowest BCUT2D eigenvalue weighted by molar-refractivity contribution is 0.0703. The molecule has 5 nitrogen and oxygen atoms in total. The first kappa shape index (κ1) is 18.5. The normalized spacial score (nSPS) is 12.4. The fourth-order valence-electron chi connectivity index (χ4n) is 2.86. The molecular weight excluding hydrogens is 360 g/mol. The molecule has 1 aromatic heterocycles. The molecule has 3 rings (SSSR count). The van der Waals surface area contributed by atoms with Crippen LogP contribution in [0.5, 0.6) is 0 Å². The number of hydrogen-bond donors (Lipinski definition) is 0. The predicted molar refractivity (Wildman–Crippen MR) is 95.6 cm³/mol. The highest BCUT2D eigenvalue weighted by molar-refractivity contribution is 7.89. The summed E-state index contributed by atoms with van der Waals surface area (Å²) in [5.74, 6) is -0.00224. The summed E-state index contributed by atoms with van der Waals surface area (Å²) >= 11 is 0. The molecule has 0 radical (unpaired) electrons. The Bertz CT molecular complexity index is 1060. The van der Waals surface area contributed by atoms with Crippen molar-refractivity contribution in [1.82, 2.24) is 13.9 Å². The summed E-state index contributed by atoms with van der Waals surface area (Å²) in [5, 5.41) is 0. The minimum absolute atomic E-state index is 0.00224. The summed E-state index contributed by atoms with van der Waals surface area (Å²) in [5.41, 5.74) is 2.09. The largest absolute Gasteiger partial charge is 0.320 e. The van der Waals surface area contributed by atoms with Crippen LogP contribution < -0.4 is 0 Å². The maximum Gasteiger partial charge on any atom is 0.320 e. The summed E-state index contributed by atoms with van der Waals surface area (Å²) in [6.45, 7) is 0.437. The van der Waals surface area contributed by atoms with Gasteiger partial charge in [0.15, 0.2) is 0 Å². The van der Waals surface area contributed by atoms with Gasteiger partial charge in [0.05, 0.1) is 22.5 Å². The van der Waals surface area contributed by atoms with Crippen molar-refractivity contribution >= 4 is 21.1 Å². The minimum atomic E-state index is -3.84. The number of halogens is 2. The summed E-state index contributed by atoms with van der Waals surface area (Å²) in [6.07, 6.45) is 0. The van der Waals surface area contributed by atoms with Crippen LogP contribution in [0.2, 0.25) is 0 Å². The topological polar surface area (TPSA) is 55.2 Å². The smallest absolute Gasteiger partial charge is 0.269 e. The monoisotopic (exact) mass is 379 g/mol. The summed E-state index contributed by atoms with van der Waals surface area (Å²) in [4.78, 5) is 4.36. The van der Waals surface area contributed by atoms with E-state index in [0.29, 0.717) is 11.1 Å². The van der Waals surface area contributed by atoms with Crippen molar-refractivity contribution in [2.24, 2.45) is 0 Å². The molecule has 0 atom stereocenters. The average molecular weight is 379 g/mol. The molecule has 0 N–H and O–H groups in total. The number of sulfonamides is 1. The van der Waals surface area contributed by atoms with E-state index in [1.165, 1.54) is 13.1 Å². The van der Waals surface area contributed by atoms with Gasteiger partial charge in [-0.2, -0.15) is 13.1 Å². The van der Waals surface area contributed by atoms with Crippen molar-refractivity contribution in [2.75, 3.05) is 7.05 Å². The molecule has 0 spiro atoms. The van der Waals surface area contributed by atoms with E-state index in [0.717, 1.165) is 14.4 Å². The minimum Gasteiger partial charge on any atom is -0.269 e. The molecule has 0 aliphatic rings. The SMILES string of the molecule is Cc1ccc(C)c(S(=O)(=O)N(C)Cc2nc3ccccc3n2C(F)F)c1. The molecule has 0 fully saturated rings. The first-order chi connectivity index (χ1) is 12.2. The highest BCUT2D eigenvalue weighted by atomic mass is 32.2. The van der Waals surface area contributed by atoms with Gasteiger partial charge in [0.1, 0.15) is 5.82 Å². The number of para-hydroxylation sites is 2. The van der Waals surface area contributed by atoms with Gasteiger partial charge < -0.3 is 0 Å². The second-order valence-corrected chi connectivity index (χ2v) is 8.21. The summed E-state index contributed by atoms with van der Waals surface area (Å²) in [6, 6.07) is 11.6. The lowest BCUT2D eigenvalue weighted by atomic mass is 10.2. The Kier molecular flexibility index (Phi) is 4.81. The number of benzene rings is 2. The molecule has 0 aliphatic heterocycles. The van der Waals surface area contributed by atoms with E-state index in [1.54, 1.807) is 44.2 Å². The molecule has 0 saturated carbocycles. The van der Waals surface area contributed by atoms with Gasteiger partial charge in [0, 0.05) is 7.05 Å². The van der Waals surface area contributed by atoms with Gasteiger partial charge in [-0.3, -0.25) is 4.57 Å². The first-order valence-corrected chi connectivity index (χ1v) is 9.43. The predicted octanol–water partition coefficient (Wildman–Crippen LogP) is 3.87. The van der Waals surface area contributed by atoms with Crippen molar-refractivity contribution in [3.8, 4) is 0 Å². The number of alkyl halides is 2. The Labute approximate surface area is 150 Å². The number of aromatic nitrogens is 2. The van der Waals surface area contributed by atoms with Gasteiger partial charge in [-0.25, -0.2) is 13.4 Å². The molecule has 0 unspecified atom stereocenters. The third-order valence-corrected chi connectivity index (χ3v) is 6.21. The van der Waals surface area contributed by atoms with Gasteiger partial charge in [-0.15, -0.1) is 0 Å². The van der Waals surface area contributed by atoms with Crippen LogP contribution in [0, 0.1) is 13.8 Å². The standard InChI is InChI=1S/C18H19F2N3O2S/c1-12-8-9-13(2)16(10-12)26(24,25)22(3)11-17-21-14-6-4-5-7-15(14)23(17)18(19)20/h4-10,18H,11H2,1-3H3. The second kappa shape index (κ2) is 6.77. The first-order valence-electron chi connectivity index (χ1n) is 7.99. The zero-order chi connectivity index (χ0) is 19.1. The van der Waals surface area contributed by atoms with Crippen molar-refractivity contribution in [3.05, 3.63) is 59.4 Å². The van der Waals surface area contributed by atoms with Gasteiger partial charge in [-0.1, -0.05) is 24.3 Å². The van der Waals surface area contributed by atoms with Crippen LogP contribution in [0.25, 0.3) is 11.0 Å². The van der Waals surface area contributed by atoms with Crippen molar-refractivity contribution in [3.63, 3.8) is 0 Å². The van der Waals surface area contributed by atoms with Crippen LogP contribution in [0.15, 0.2) is 47.4 Å². The van der Waals surface area contributed by atoms with E-state index in [-0.39, 0.29) is 22.8 Å². The van der Waals surface area contributed by atoms with Gasteiger partial charge in [-0.05, 0) is 43.2 Å². The van der Waals surface area contributed by atoms with Gasteiger partial charge in [0.25, 0.3) is 0 Å². The molecule has 2 aromatic carbocycles. The third kappa shape index (κ3) is 3.22. The Morgan fingerprint density at radius 2 is 1.85 bits per heavy atom. The van der Waals surface area contributed by atoms with E-state index in [9.17, 15) is 17.2 Å². The average Bonchev–Trinajstić information content (AvgIpc) is 2.94. The fraction of sp³-hybridized carbons (Fsp3) is 0.278. The van der Waals surface area contributed by atoms with E-state index in [1.807, 2.05) is 6.07 Å². The molecule has 3 aromatic rings. The van der Waals surface area contributed by atoms with Crippen molar-refractivity contribution in [1.29, 1.82) is 0 Å². The van der Waals surface area contributed by atoms with Crippen molar-refractivity contribution in [2.45, 2.75) is 31.8 Å². The summed E-state index contributed by atoms with van der Waals surface area (Å²) in [7, 11) is -2.47. The highest BCUT2D eigenvalue weighted by Gasteiger charge is 2.26. The molecule has 1 heterocycles. The number of aryl methyl sites for hydroxylation is 2. The fourth-order valence-corrected chi connectivity index (χ4v) is 4.29. The van der Waals surface area contributed by atoms with E-state index in [4.69, 9.17) is 0 Å². The number of hydrogen-bond acceptors (Lipinski definition) is 3. The summed E-state index contributed by atoms with van der Waals surface area (Å²) < 4.78 is 54.7. The van der Waals surface area contributed by atoms with E-state index in [2.05, 4.69) is 4.98 Å². The Morgan fingerprint density at radius 1 is 1.15 bits per heavy atom. The van der Waals surface area contributed by atoms with E-state index < -0.39 is 16.6 Å². The zero-order valence-electron chi connectivity index (χ0n) is 14.6. The number of imidazole rings is 1. The van der Waals surface area contributed by atoms with Gasteiger partial charge >= 0.3 is 6.55 Å². The molecule has 0 aliphatic carbocycles. The van der Waals surface area contributed by atoms with E-state index >= 15 is 0 Å². The van der Waals surface area contributed by atoms with Crippen LogP contribution in [0.3, 0.4) is 0 Å². The molecule has 26 heavy (non-hydrogen) atoms. The second-order valence-electron chi connectivity index (χ2n) is 6.19. The lowest BCUT2D eigenvalue weighted by Gasteiger charge is -2.19. The van der Waals surface area contributed by atoms with Gasteiger partial charge in [0.2, 0.25) is 10.0 Å². The quantitative estimate of drug-likeness (QED) is 0.676. The van der Waals surface area contributed by atoms with Crippen LogP contribution in [0.4, 0.5) is 8.78 Å². The Balaban J connectivity index is 2.02. The molecule has 0 saturated heterocycles. The lowest BCUT2D eigenvalue weighted by Crippen LogP contribution is -2.28. The maximum atomic E-state index is 13.5. The van der Waals surface area contributed by atoms with Crippen LogP contribution in [0.1, 0.15) is 23.5 Å². The third-order valence-electron chi connectivity index (χ3n) is 4.26. The zero-order valence-corrected chi connectivity index (χ0v) is 15.5.